The number of hydrogen-bond donors (Lipinski definition) is 0. The predicted molar refractivity (Wildman–Crippen MR) is 118 cm³/mol. The summed E-state index contributed by atoms with van der Waals surface area (Å²) in [5.74, 6) is -1.83. The first kappa shape index (κ1) is 22.7. The number of amides is 1. The maximum absolute atomic E-state index is 13.9. The van der Waals surface area contributed by atoms with Gasteiger partial charge in [-0.3, -0.25) is 4.79 Å². The summed E-state index contributed by atoms with van der Waals surface area (Å²) in [6, 6.07) is 3.90. The van der Waals surface area contributed by atoms with E-state index < -0.39 is 11.6 Å². The second kappa shape index (κ2) is 9.19. The van der Waals surface area contributed by atoms with Crippen molar-refractivity contribution < 1.29 is 23.0 Å². The fraction of sp³-hybridized carbons (Fsp3) is 0.542. The molecule has 2 atom stereocenters. The van der Waals surface area contributed by atoms with Crippen molar-refractivity contribution in [1.82, 2.24) is 9.47 Å². The topological polar surface area (TPSA) is 46.9 Å². The molecule has 2 aliphatic rings. The van der Waals surface area contributed by atoms with E-state index in [9.17, 15) is 13.6 Å². The van der Waals surface area contributed by atoms with Gasteiger partial charge in [-0.15, -0.1) is 0 Å². The van der Waals surface area contributed by atoms with Crippen molar-refractivity contribution in [3.63, 3.8) is 0 Å². The van der Waals surface area contributed by atoms with Crippen molar-refractivity contribution in [1.29, 1.82) is 0 Å². The Labute approximate surface area is 187 Å². The molecule has 1 aromatic carbocycles. The zero-order valence-electron chi connectivity index (χ0n) is 19.2. The van der Waals surface area contributed by atoms with Crippen LogP contribution in [0.1, 0.15) is 41.2 Å². The van der Waals surface area contributed by atoms with Crippen LogP contribution in [0, 0.1) is 25.5 Å². The van der Waals surface area contributed by atoms with Crippen LogP contribution < -0.4 is 4.90 Å². The van der Waals surface area contributed by atoms with Crippen LogP contribution in [0.5, 0.6) is 0 Å². The van der Waals surface area contributed by atoms with Crippen molar-refractivity contribution in [2.45, 2.75) is 46.4 Å². The molecular weight excluding hydrogens is 416 g/mol. The summed E-state index contributed by atoms with van der Waals surface area (Å²) in [5.41, 5.74) is 4.06. The summed E-state index contributed by atoms with van der Waals surface area (Å²) in [4.78, 5) is 17.9. The lowest BCUT2D eigenvalue weighted by atomic mass is 10.1. The van der Waals surface area contributed by atoms with Crippen LogP contribution in [0.2, 0.25) is 0 Å². The highest BCUT2D eigenvalue weighted by Crippen LogP contribution is 2.33. The number of morpholine rings is 2. The van der Waals surface area contributed by atoms with E-state index >= 15 is 0 Å². The fourth-order valence-electron chi connectivity index (χ4n) is 4.92. The summed E-state index contributed by atoms with van der Waals surface area (Å²) < 4.78 is 40.6. The third-order valence-electron chi connectivity index (χ3n) is 6.29. The number of rotatable bonds is 4. The molecule has 1 aromatic heterocycles. The highest BCUT2D eigenvalue weighted by molar-refractivity contribution is 5.97. The molecule has 2 fully saturated rings. The molecule has 2 aromatic rings. The van der Waals surface area contributed by atoms with Crippen LogP contribution in [0.4, 0.5) is 14.5 Å². The molecular formula is C24H31F2N3O3. The van der Waals surface area contributed by atoms with Crippen molar-refractivity contribution in [3.8, 4) is 0 Å². The van der Waals surface area contributed by atoms with Crippen molar-refractivity contribution >= 4 is 11.6 Å². The lowest BCUT2D eigenvalue weighted by Crippen LogP contribution is -2.48. The van der Waals surface area contributed by atoms with Gasteiger partial charge in [0.15, 0.2) is 11.6 Å². The number of hydrogen-bond acceptors (Lipinski definition) is 4. The van der Waals surface area contributed by atoms with Gasteiger partial charge in [0.2, 0.25) is 0 Å². The van der Waals surface area contributed by atoms with E-state index in [0.717, 1.165) is 36.1 Å². The van der Waals surface area contributed by atoms with E-state index in [4.69, 9.17) is 9.47 Å². The zero-order valence-corrected chi connectivity index (χ0v) is 19.2. The highest BCUT2D eigenvalue weighted by Gasteiger charge is 2.32. The Morgan fingerprint density at radius 1 is 1.06 bits per heavy atom. The van der Waals surface area contributed by atoms with Crippen LogP contribution >= 0.6 is 0 Å². The van der Waals surface area contributed by atoms with Gasteiger partial charge in [-0.2, -0.15) is 0 Å². The normalized spacial score (nSPS) is 21.8. The molecule has 6 nitrogen and oxygen atoms in total. The van der Waals surface area contributed by atoms with Crippen LogP contribution in [0.25, 0.3) is 0 Å². The molecule has 0 spiro atoms. The van der Waals surface area contributed by atoms with Crippen LogP contribution in [-0.2, 0) is 16.0 Å². The second-order valence-corrected chi connectivity index (χ2v) is 8.81. The second-order valence-electron chi connectivity index (χ2n) is 8.81. The summed E-state index contributed by atoms with van der Waals surface area (Å²) in [7, 11) is 0. The van der Waals surface area contributed by atoms with Gasteiger partial charge < -0.3 is 23.8 Å². The Morgan fingerprint density at radius 2 is 1.72 bits per heavy atom. The number of carbonyl (C=O) groups excluding carboxylic acids is 1. The monoisotopic (exact) mass is 447 g/mol. The summed E-state index contributed by atoms with van der Waals surface area (Å²) in [5, 5.41) is 0. The third-order valence-corrected chi connectivity index (χ3v) is 6.29. The quantitative estimate of drug-likeness (QED) is 0.720. The molecule has 32 heavy (non-hydrogen) atoms. The van der Waals surface area contributed by atoms with Crippen LogP contribution in [0.3, 0.4) is 0 Å². The van der Waals surface area contributed by atoms with Gasteiger partial charge in [0.05, 0.1) is 31.1 Å². The highest BCUT2D eigenvalue weighted by atomic mass is 19.2. The van der Waals surface area contributed by atoms with E-state index in [1.54, 1.807) is 6.07 Å². The molecule has 0 radical (unpaired) electrons. The fourth-order valence-corrected chi connectivity index (χ4v) is 4.92. The van der Waals surface area contributed by atoms with E-state index in [1.165, 1.54) is 6.07 Å². The molecule has 0 aliphatic carbocycles. The van der Waals surface area contributed by atoms with E-state index in [2.05, 4.69) is 4.90 Å². The zero-order chi connectivity index (χ0) is 23.0. The average molecular weight is 448 g/mol. The molecule has 2 saturated heterocycles. The van der Waals surface area contributed by atoms with Crippen molar-refractivity contribution in [3.05, 3.63) is 52.3 Å². The van der Waals surface area contributed by atoms with E-state index in [0.29, 0.717) is 37.6 Å². The van der Waals surface area contributed by atoms with Crippen LogP contribution in [-0.4, -0.2) is 67.0 Å². The average Bonchev–Trinajstić information content (AvgIpc) is 2.99. The molecule has 1 amide bonds. The van der Waals surface area contributed by atoms with E-state index in [-0.39, 0.29) is 24.7 Å². The van der Waals surface area contributed by atoms with Gasteiger partial charge in [0.1, 0.15) is 5.69 Å². The first-order valence-electron chi connectivity index (χ1n) is 11.2. The summed E-state index contributed by atoms with van der Waals surface area (Å²) >= 11 is 0. The lowest BCUT2D eigenvalue weighted by molar-refractivity contribution is -0.0588. The van der Waals surface area contributed by atoms with Gasteiger partial charge in [0, 0.05) is 44.0 Å². The van der Waals surface area contributed by atoms with Gasteiger partial charge in [-0.25, -0.2) is 8.78 Å². The van der Waals surface area contributed by atoms with Gasteiger partial charge >= 0.3 is 0 Å². The molecule has 2 unspecified atom stereocenters. The van der Waals surface area contributed by atoms with Gasteiger partial charge in [0.25, 0.3) is 5.91 Å². The maximum atomic E-state index is 13.9. The minimum absolute atomic E-state index is 0.0441. The molecule has 0 N–H and O–H groups in total. The van der Waals surface area contributed by atoms with Crippen LogP contribution in [0.15, 0.2) is 18.2 Å². The minimum Gasteiger partial charge on any atom is -0.378 e. The van der Waals surface area contributed by atoms with Gasteiger partial charge in [-0.05, 0) is 45.4 Å². The summed E-state index contributed by atoms with van der Waals surface area (Å²) in [6.07, 6.45) is -0.0881. The maximum Gasteiger partial charge on any atom is 0.271 e. The minimum atomic E-state index is -0.888. The number of carbonyl (C=O) groups is 1. The number of aromatic nitrogens is 1. The number of halogens is 2. The number of nitrogens with zero attached hydrogens (tertiary/aromatic N) is 3. The Hall–Kier alpha value is -2.45. The Bertz CT molecular complexity index is 991. The van der Waals surface area contributed by atoms with Gasteiger partial charge in [-0.1, -0.05) is 6.07 Å². The molecule has 4 rings (SSSR count). The molecule has 8 heteroatoms. The molecule has 3 heterocycles. The van der Waals surface area contributed by atoms with Crippen molar-refractivity contribution in [2.75, 3.05) is 44.3 Å². The summed E-state index contributed by atoms with van der Waals surface area (Å²) in [6.45, 7) is 12.0. The predicted octanol–water partition coefficient (Wildman–Crippen LogP) is 3.52. The first-order valence-corrected chi connectivity index (χ1v) is 11.2. The first-order chi connectivity index (χ1) is 15.3. The number of ether oxygens (including phenoxy) is 2. The number of benzene rings is 1. The SMILES string of the molecule is Cc1c(N2CCOCC2)c(C)n(Cc2ccc(F)c(F)c2)c1C(=O)N1CC(C)OC(C)C1. The van der Waals surface area contributed by atoms with Crippen molar-refractivity contribution in [2.24, 2.45) is 0 Å². The Balaban J connectivity index is 1.77. The Kier molecular flexibility index (Phi) is 6.53. The van der Waals surface area contributed by atoms with E-state index in [1.807, 2.05) is 37.2 Å². The molecule has 174 valence electrons. The Morgan fingerprint density at radius 3 is 2.34 bits per heavy atom. The molecule has 0 bridgehead atoms. The standard InChI is InChI=1S/C24H31F2N3O3/c1-15-12-28(13-16(2)32-15)24(30)23-17(3)22(27-7-9-31-10-8-27)18(4)29(23)14-19-5-6-20(25)21(26)11-19/h5-6,11,15-16H,7-10,12-14H2,1-4H3. The third kappa shape index (κ3) is 4.38. The number of anilines is 1. The smallest absolute Gasteiger partial charge is 0.271 e. The molecule has 2 aliphatic heterocycles. The molecule has 0 saturated carbocycles. The largest absolute Gasteiger partial charge is 0.378 e. The lowest BCUT2D eigenvalue weighted by Gasteiger charge is -2.35.